The van der Waals surface area contributed by atoms with Crippen molar-refractivity contribution in [3.05, 3.63) is 12.7 Å². The minimum absolute atomic E-state index is 0.106. The zero-order chi connectivity index (χ0) is 13.8. The van der Waals surface area contributed by atoms with Gasteiger partial charge in [-0.3, -0.25) is 4.79 Å². The summed E-state index contributed by atoms with van der Waals surface area (Å²) < 4.78 is 1.61. The highest BCUT2D eigenvalue weighted by Crippen LogP contribution is 2.14. The summed E-state index contributed by atoms with van der Waals surface area (Å²) in [5, 5.41) is 8.49. The Bertz CT molecular complexity index is 642. The van der Waals surface area contributed by atoms with Crippen LogP contribution in [0.2, 0.25) is 0 Å². The Morgan fingerprint density at radius 2 is 2.32 bits per heavy atom. The van der Waals surface area contributed by atoms with E-state index < -0.39 is 0 Å². The number of hydrogen-bond acceptors (Lipinski definition) is 6. The molecule has 2 heterocycles. The average Bonchev–Trinajstić information content (AvgIpc) is 2.80. The van der Waals surface area contributed by atoms with E-state index in [2.05, 4.69) is 15.0 Å². The number of nitrogens with zero attached hydrogens (tertiary/aromatic N) is 6. The maximum absolute atomic E-state index is 11.9. The van der Waals surface area contributed by atoms with Crippen molar-refractivity contribution in [3.63, 3.8) is 0 Å². The van der Waals surface area contributed by atoms with Crippen LogP contribution in [0.5, 0.6) is 0 Å². The number of nitrogens with two attached hydrogens (primary N) is 1. The fraction of sp³-hybridized carbons (Fsp3) is 0.364. The van der Waals surface area contributed by atoms with Crippen molar-refractivity contribution in [3.8, 4) is 6.07 Å². The Labute approximate surface area is 109 Å². The molecule has 0 saturated carbocycles. The summed E-state index contributed by atoms with van der Waals surface area (Å²) in [5.41, 5.74) is 6.67. The molecule has 0 aliphatic carbocycles. The molecule has 8 nitrogen and oxygen atoms in total. The zero-order valence-electron chi connectivity index (χ0n) is 10.4. The van der Waals surface area contributed by atoms with Crippen LogP contribution in [0.15, 0.2) is 12.7 Å². The highest BCUT2D eigenvalue weighted by Gasteiger charge is 2.13. The van der Waals surface area contributed by atoms with Crippen molar-refractivity contribution >= 4 is 22.9 Å². The molecule has 0 spiro atoms. The van der Waals surface area contributed by atoms with E-state index in [1.165, 1.54) is 17.6 Å². The number of amides is 1. The molecule has 1 amide bonds. The van der Waals surface area contributed by atoms with Gasteiger partial charge in [-0.1, -0.05) is 0 Å². The topological polar surface area (TPSA) is 114 Å². The summed E-state index contributed by atoms with van der Waals surface area (Å²) >= 11 is 0. The molecule has 0 bridgehead atoms. The molecule has 2 N–H and O–H groups in total. The predicted molar refractivity (Wildman–Crippen MR) is 67.6 cm³/mol. The normalized spacial score (nSPS) is 10.3. The van der Waals surface area contributed by atoms with Crippen LogP contribution in [-0.2, 0) is 11.3 Å². The van der Waals surface area contributed by atoms with E-state index in [4.69, 9.17) is 11.0 Å². The first-order valence-electron chi connectivity index (χ1n) is 5.65. The number of anilines is 1. The number of imidazole rings is 1. The molecule has 2 rings (SSSR count). The maximum atomic E-state index is 11.9. The standard InChI is InChI=1S/C11H13N7O/c1-17(4-2-3-12)8(19)5-18-7-16-9-10(13)14-6-15-11(9)18/h6-7H,2,4-5H2,1H3,(H2,13,14,15). The van der Waals surface area contributed by atoms with Crippen LogP contribution in [0.25, 0.3) is 11.2 Å². The third kappa shape index (κ3) is 2.60. The van der Waals surface area contributed by atoms with Gasteiger partial charge in [-0.2, -0.15) is 5.26 Å². The Hall–Kier alpha value is -2.69. The molecule has 0 atom stereocenters. The van der Waals surface area contributed by atoms with Crippen molar-refractivity contribution < 1.29 is 4.79 Å². The summed E-state index contributed by atoms with van der Waals surface area (Å²) in [5.74, 6) is 0.167. The Kier molecular flexibility index (Phi) is 3.56. The lowest BCUT2D eigenvalue weighted by Gasteiger charge is -2.15. The summed E-state index contributed by atoms with van der Waals surface area (Å²) in [6.07, 6.45) is 3.15. The van der Waals surface area contributed by atoms with E-state index in [0.717, 1.165) is 0 Å². The molecule has 19 heavy (non-hydrogen) atoms. The molecule has 0 aliphatic rings. The van der Waals surface area contributed by atoms with Gasteiger partial charge in [-0.25, -0.2) is 15.0 Å². The van der Waals surface area contributed by atoms with Gasteiger partial charge in [0.15, 0.2) is 11.5 Å². The number of nitriles is 1. The van der Waals surface area contributed by atoms with E-state index >= 15 is 0 Å². The highest BCUT2D eigenvalue weighted by atomic mass is 16.2. The third-order valence-corrected chi connectivity index (χ3v) is 2.72. The number of hydrogen-bond donors (Lipinski definition) is 1. The van der Waals surface area contributed by atoms with E-state index in [0.29, 0.717) is 24.1 Å². The number of carbonyl (C=O) groups is 1. The molecule has 0 radical (unpaired) electrons. The smallest absolute Gasteiger partial charge is 0.242 e. The van der Waals surface area contributed by atoms with Gasteiger partial charge in [-0.15, -0.1) is 0 Å². The first-order chi connectivity index (χ1) is 9.13. The molecule has 0 unspecified atom stereocenters. The van der Waals surface area contributed by atoms with Crippen LogP contribution in [0.1, 0.15) is 6.42 Å². The van der Waals surface area contributed by atoms with E-state index in [1.54, 1.807) is 11.6 Å². The van der Waals surface area contributed by atoms with E-state index in [9.17, 15) is 4.79 Å². The molecule has 0 saturated heterocycles. The summed E-state index contributed by atoms with van der Waals surface area (Å²) in [6, 6.07) is 2.00. The van der Waals surface area contributed by atoms with Gasteiger partial charge in [0.05, 0.1) is 18.8 Å². The quantitative estimate of drug-likeness (QED) is 0.812. The third-order valence-electron chi connectivity index (χ3n) is 2.72. The van der Waals surface area contributed by atoms with Crippen LogP contribution in [-0.4, -0.2) is 43.9 Å². The van der Waals surface area contributed by atoms with Gasteiger partial charge < -0.3 is 15.2 Å². The number of nitrogen functional groups attached to an aromatic ring is 1. The van der Waals surface area contributed by atoms with Crippen molar-refractivity contribution in [2.45, 2.75) is 13.0 Å². The van der Waals surface area contributed by atoms with Crippen LogP contribution >= 0.6 is 0 Å². The monoisotopic (exact) mass is 259 g/mol. The molecule has 0 fully saturated rings. The van der Waals surface area contributed by atoms with Crippen molar-refractivity contribution in [1.82, 2.24) is 24.4 Å². The van der Waals surface area contributed by atoms with Crippen LogP contribution in [0.3, 0.4) is 0 Å². The van der Waals surface area contributed by atoms with Crippen LogP contribution < -0.4 is 5.73 Å². The van der Waals surface area contributed by atoms with Crippen molar-refractivity contribution in [2.24, 2.45) is 0 Å². The number of aromatic nitrogens is 4. The molecular formula is C11H13N7O. The molecule has 2 aromatic rings. The number of likely N-dealkylation sites (N-methyl/N-ethyl adjacent to an activating group) is 1. The number of rotatable bonds is 4. The minimum Gasteiger partial charge on any atom is -0.382 e. The van der Waals surface area contributed by atoms with Gasteiger partial charge in [0.2, 0.25) is 5.91 Å². The summed E-state index contributed by atoms with van der Waals surface area (Å²) in [4.78, 5) is 25.4. The van der Waals surface area contributed by atoms with Gasteiger partial charge in [-0.05, 0) is 0 Å². The Morgan fingerprint density at radius 3 is 3.05 bits per heavy atom. The van der Waals surface area contributed by atoms with Gasteiger partial charge in [0.1, 0.15) is 18.4 Å². The SMILES string of the molecule is CN(CCC#N)C(=O)Cn1cnc2c(N)ncnc21. The lowest BCUT2D eigenvalue weighted by molar-refractivity contribution is -0.130. The van der Waals surface area contributed by atoms with E-state index in [1.807, 2.05) is 6.07 Å². The summed E-state index contributed by atoms with van der Waals surface area (Å²) in [6.45, 7) is 0.508. The molecule has 0 aromatic carbocycles. The predicted octanol–water partition coefficient (Wildman–Crippen LogP) is -0.219. The highest BCUT2D eigenvalue weighted by molar-refractivity contribution is 5.83. The molecular weight excluding hydrogens is 246 g/mol. The second kappa shape index (κ2) is 5.30. The zero-order valence-corrected chi connectivity index (χ0v) is 10.4. The van der Waals surface area contributed by atoms with Crippen molar-refractivity contribution in [2.75, 3.05) is 19.3 Å². The van der Waals surface area contributed by atoms with Crippen LogP contribution in [0, 0.1) is 11.3 Å². The van der Waals surface area contributed by atoms with Gasteiger partial charge in [0, 0.05) is 13.6 Å². The van der Waals surface area contributed by atoms with Gasteiger partial charge >= 0.3 is 0 Å². The molecule has 0 aliphatic heterocycles. The Morgan fingerprint density at radius 1 is 1.53 bits per heavy atom. The molecule has 8 heteroatoms. The number of carbonyl (C=O) groups excluding carboxylic acids is 1. The molecule has 98 valence electrons. The van der Waals surface area contributed by atoms with Crippen LogP contribution in [0.4, 0.5) is 5.82 Å². The lowest BCUT2D eigenvalue weighted by Crippen LogP contribution is -2.30. The second-order valence-corrected chi connectivity index (χ2v) is 4.03. The second-order valence-electron chi connectivity index (χ2n) is 4.03. The average molecular weight is 259 g/mol. The largest absolute Gasteiger partial charge is 0.382 e. The van der Waals surface area contributed by atoms with Gasteiger partial charge in [0.25, 0.3) is 0 Å². The summed E-state index contributed by atoms with van der Waals surface area (Å²) in [7, 11) is 1.65. The fourth-order valence-corrected chi connectivity index (χ4v) is 1.62. The molecule has 2 aromatic heterocycles. The first-order valence-corrected chi connectivity index (χ1v) is 5.65. The lowest BCUT2D eigenvalue weighted by atomic mass is 10.4. The Balaban J connectivity index is 2.16. The van der Waals surface area contributed by atoms with Crippen molar-refractivity contribution in [1.29, 1.82) is 5.26 Å². The first kappa shape index (κ1) is 12.8. The van der Waals surface area contributed by atoms with E-state index in [-0.39, 0.29) is 18.3 Å². The number of fused-ring (bicyclic) bond motifs is 1. The minimum atomic E-state index is -0.119. The maximum Gasteiger partial charge on any atom is 0.242 e. The fourth-order valence-electron chi connectivity index (χ4n) is 1.62.